The number of nitrogens with one attached hydrogen (secondary N) is 3. The molecule has 1 saturated heterocycles. The minimum Gasteiger partial charge on any atom is -0.357 e. The Morgan fingerprint density at radius 3 is 2.78 bits per heavy atom. The van der Waals surface area contributed by atoms with Gasteiger partial charge in [-0.3, -0.25) is 10.00 Å². The number of benzene rings is 2. The Morgan fingerprint density at radius 1 is 1.16 bits per heavy atom. The molecule has 3 aromatic rings. The number of guanidine groups is 1. The number of aliphatic imine (C=N–C) groups is 1. The molecule has 1 atom stereocenters. The number of halogens is 1. The van der Waals surface area contributed by atoms with E-state index in [0.717, 1.165) is 55.5 Å². The predicted molar refractivity (Wildman–Crippen MR) is 140 cm³/mol. The summed E-state index contributed by atoms with van der Waals surface area (Å²) in [7, 11) is 0. The molecule has 8 heteroatoms. The lowest BCUT2D eigenvalue weighted by Crippen LogP contribution is -2.50. The number of H-pyrrole nitrogens is 1. The zero-order valence-electron chi connectivity index (χ0n) is 18.5. The van der Waals surface area contributed by atoms with Crippen molar-refractivity contribution in [3.8, 4) is 11.4 Å². The van der Waals surface area contributed by atoms with Crippen LogP contribution in [0.15, 0.2) is 65.9 Å². The van der Waals surface area contributed by atoms with Crippen LogP contribution in [0.4, 0.5) is 0 Å². The highest BCUT2D eigenvalue weighted by atomic mass is 127. The summed E-state index contributed by atoms with van der Waals surface area (Å²) in [6.45, 7) is 6.73. The Labute approximate surface area is 207 Å². The van der Waals surface area contributed by atoms with E-state index in [4.69, 9.17) is 4.99 Å². The van der Waals surface area contributed by atoms with Gasteiger partial charge in [0.25, 0.3) is 0 Å². The highest BCUT2D eigenvalue weighted by Crippen LogP contribution is 2.16. The zero-order chi connectivity index (χ0) is 21.3. The Morgan fingerprint density at radius 2 is 2.00 bits per heavy atom. The first-order valence-corrected chi connectivity index (χ1v) is 11.1. The van der Waals surface area contributed by atoms with Crippen LogP contribution >= 0.6 is 24.0 Å². The molecule has 1 aliphatic rings. The molecule has 2 heterocycles. The average Bonchev–Trinajstić information content (AvgIpc) is 3.34. The van der Waals surface area contributed by atoms with Crippen molar-refractivity contribution >= 4 is 29.9 Å². The van der Waals surface area contributed by atoms with Crippen molar-refractivity contribution in [2.75, 3.05) is 19.6 Å². The summed E-state index contributed by atoms with van der Waals surface area (Å²) >= 11 is 0. The molecule has 1 fully saturated rings. The molecule has 0 amide bonds. The van der Waals surface area contributed by atoms with Gasteiger partial charge in [-0.1, -0.05) is 48.5 Å². The van der Waals surface area contributed by atoms with Crippen LogP contribution < -0.4 is 10.6 Å². The second-order valence-electron chi connectivity index (χ2n) is 7.93. The van der Waals surface area contributed by atoms with Crippen LogP contribution in [0.1, 0.15) is 30.9 Å². The van der Waals surface area contributed by atoms with Crippen LogP contribution in [0.3, 0.4) is 0 Å². The summed E-state index contributed by atoms with van der Waals surface area (Å²) in [6, 6.07) is 19.4. The van der Waals surface area contributed by atoms with Crippen LogP contribution in [0, 0.1) is 0 Å². The molecule has 0 bridgehead atoms. The zero-order valence-corrected chi connectivity index (χ0v) is 20.8. The van der Waals surface area contributed by atoms with Gasteiger partial charge in [0, 0.05) is 31.2 Å². The third kappa shape index (κ3) is 7.03. The maximum absolute atomic E-state index is 4.84. The van der Waals surface area contributed by atoms with Gasteiger partial charge < -0.3 is 10.6 Å². The van der Waals surface area contributed by atoms with Gasteiger partial charge in [0.2, 0.25) is 0 Å². The van der Waals surface area contributed by atoms with Gasteiger partial charge >= 0.3 is 0 Å². The second kappa shape index (κ2) is 12.5. The topological polar surface area (TPSA) is 81.2 Å². The van der Waals surface area contributed by atoms with E-state index in [9.17, 15) is 0 Å². The molecule has 2 aromatic carbocycles. The largest absolute Gasteiger partial charge is 0.357 e. The molecular formula is C24H32IN7. The predicted octanol–water partition coefficient (Wildman–Crippen LogP) is 3.81. The normalized spacial score (nSPS) is 16.9. The number of hydrogen-bond acceptors (Lipinski definition) is 4. The van der Waals surface area contributed by atoms with E-state index in [0.29, 0.717) is 12.6 Å². The maximum Gasteiger partial charge on any atom is 0.191 e. The number of aromatic nitrogens is 3. The summed E-state index contributed by atoms with van der Waals surface area (Å²) < 4.78 is 0. The summed E-state index contributed by atoms with van der Waals surface area (Å²) in [6.07, 6.45) is 3.89. The van der Waals surface area contributed by atoms with Crippen molar-refractivity contribution in [2.24, 2.45) is 4.99 Å². The smallest absolute Gasteiger partial charge is 0.191 e. The van der Waals surface area contributed by atoms with E-state index in [-0.39, 0.29) is 24.0 Å². The van der Waals surface area contributed by atoms with Crippen LogP contribution in [0.2, 0.25) is 0 Å². The first-order chi connectivity index (χ1) is 15.3. The second-order valence-corrected chi connectivity index (χ2v) is 7.93. The van der Waals surface area contributed by atoms with Gasteiger partial charge in [-0.2, -0.15) is 5.10 Å². The van der Waals surface area contributed by atoms with E-state index in [2.05, 4.69) is 80.1 Å². The summed E-state index contributed by atoms with van der Waals surface area (Å²) in [5.41, 5.74) is 3.53. The number of rotatable bonds is 7. The van der Waals surface area contributed by atoms with Gasteiger partial charge in [0.1, 0.15) is 6.33 Å². The molecule has 1 unspecified atom stereocenters. The molecule has 0 radical (unpaired) electrons. The Hall–Kier alpha value is -2.46. The van der Waals surface area contributed by atoms with Crippen molar-refractivity contribution < 1.29 is 0 Å². The third-order valence-electron chi connectivity index (χ3n) is 5.47. The van der Waals surface area contributed by atoms with Gasteiger partial charge in [-0.25, -0.2) is 9.98 Å². The van der Waals surface area contributed by atoms with Crippen molar-refractivity contribution in [2.45, 2.75) is 38.9 Å². The Kier molecular flexibility index (Phi) is 9.48. The van der Waals surface area contributed by atoms with Crippen molar-refractivity contribution in [3.63, 3.8) is 0 Å². The van der Waals surface area contributed by atoms with Gasteiger partial charge in [0.05, 0.1) is 6.54 Å². The standard InChI is InChI=1S/C24H31N7.HI/c1-2-25-24(26-15-20-10-6-11-21(14-20)23-27-18-28-30-23)29-22-12-7-13-31(17-22)16-19-8-4-3-5-9-19;/h3-6,8-11,14,18,22H,2,7,12-13,15-17H2,1H3,(H2,25,26,29)(H,27,28,30);1H. The monoisotopic (exact) mass is 545 g/mol. The fourth-order valence-corrected chi connectivity index (χ4v) is 4.00. The van der Waals surface area contributed by atoms with Crippen LogP contribution in [0.25, 0.3) is 11.4 Å². The highest BCUT2D eigenvalue weighted by Gasteiger charge is 2.20. The molecule has 3 N–H and O–H groups in total. The van der Waals surface area contributed by atoms with Crippen molar-refractivity contribution in [3.05, 3.63) is 72.1 Å². The van der Waals surface area contributed by atoms with E-state index in [1.165, 1.54) is 18.3 Å². The van der Waals surface area contributed by atoms with E-state index in [1.54, 1.807) is 0 Å². The number of likely N-dealkylation sites (tertiary alicyclic amines) is 1. The van der Waals surface area contributed by atoms with Gasteiger partial charge in [-0.15, -0.1) is 24.0 Å². The molecule has 170 valence electrons. The first kappa shape index (κ1) is 24.2. The summed E-state index contributed by atoms with van der Waals surface area (Å²) in [4.78, 5) is 11.6. The van der Waals surface area contributed by atoms with Crippen LogP contribution in [-0.4, -0.2) is 51.7 Å². The molecule has 0 saturated carbocycles. The molecule has 7 nitrogen and oxygen atoms in total. The van der Waals surface area contributed by atoms with Gasteiger partial charge in [-0.05, 0) is 43.5 Å². The minimum absolute atomic E-state index is 0. The molecule has 0 spiro atoms. The van der Waals surface area contributed by atoms with E-state index in [1.807, 2.05) is 12.1 Å². The summed E-state index contributed by atoms with van der Waals surface area (Å²) in [5, 5.41) is 13.9. The molecular weight excluding hydrogens is 513 g/mol. The van der Waals surface area contributed by atoms with E-state index < -0.39 is 0 Å². The van der Waals surface area contributed by atoms with Gasteiger partial charge in [0.15, 0.2) is 11.8 Å². The van der Waals surface area contributed by atoms with Crippen molar-refractivity contribution in [1.82, 2.24) is 30.7 Å². The number of piperidine rings is 1. The number of nitrogens with zero attached hydrogens (tertiary/aromatic N) is 4. The SMILES string of the molecule is CCNC(=NCc1cccc(-c2ncn[nH]2)c1)NC1CCCN(Cc2ccccc2)C1.I. The Bertz CT molecular complexity index is 959. The molecule has 0 aliphatic carbocycles. The average molecular weight is 545 g/mol. The molecule has 32 heavy (non-hydrogen) atoms. The number of hydrogen-bond donors (Lipinski definition) is 3. The first-order valence-electron chi connectivity index (χ1n) is 11.1. The highest BCUT2D eigenvalue weighted by molar-refractivity contribution is 14.0. The van der Waals surface area contributed by atoms with Crippen LogP contribution in [0.5, 0.6) is 0 Å². The number of aromatic amines is 1. The quantitative estimate of drug-likeness (QED) is 0.239. The molecule has 1 aromatic heterocycles. The lowest BCUT2D eigenvalue weighted by atomic mass is 10.0. The lowest BCUT2D eigenvalue weighted by molar-refractivity contribution is 0.192. The third-order valence-corrected chi connectivity index (χ3v) is 5.47. The lowest BCUT2D eigenvalue weighted by Gasteiger charge is -2.34. The minimum atomic E-state index is 0. The fraction of sp³-hybridized carbons (Fsp3) is 0.375. The molecule has 1 aliphatic heterocycles. The molecule has 4 rings (SSSR count). The Balaban J connectivity index is 0.00000289. The van der Waals surface area contributed by atoms with Crippen LogP contribution in [-0.2, 0) is 13.1 Å². The fourth-order valence-electron chi connectivity index (χ4n) is 4.00. The van der Waals surface area contributed by atoms with Crippen molar-refractivity contribution in [1.29, 1.82) is 0 Å². The summed E-state index contributed by atoms with van der Waals surface area (Å²) in [5.74, 6) is 1.65. The van der Waals surface area contributed by atoms with E-state index >= 15 is 0 Å². The maximum atomic E-state index is 4.84.